The molecule has 1 amide bonds. The predicted octanol–water partition coefficient (Wildman–Crippen LogP) is 5.47. The van der Waals surface area contributed by atoms with Gasteiger partial charge in [0.25, 0.3) is 0 Å². The van der Waals surface area contributed by atoms with E-state index in [1.807, 2.05) is 29.8 Å². The van der Waals surface area contributed by atoms with Crippen LogP contribution in [0.1, 0.15) is 51.9 Å². The number of nitrogens with one attached hydrogen (secondary N) is 1. The Morgan fingerprint density at radius 2 is 2.00 bits per heavy atom. The van der Waals surface area contributed by atoms with Crippen LogP contribution in [0.25, 0.3) is 5.69 Å². The third-order valence-electron chi connectivity index (χ3n) is 5.77. The van der Waals surface area contributed by atoms with Gasteiger partial charge in [0.05, 0.1) is 18.1 Å². The van der Waals surface area contributed by atoms with Gasteiger partial charge in [0, 0.05) is 23.1 Å². The van der Waals surface area contributed by atoms with Crippen molar-refractivity contribution in [2.24, 2.45) is 0 Å². The highest BCUT2D eigenvalue weighted by Crippen LogP contribution is 2.31. The molecule has 180 valence electrons. The number of cyclic esters (lactones) is 1. The fraction of sp³-hybridized carbons (Fsp3) is 0.417. The number of carbonyl (C=O) groups is 1. The van der Waals surface area contributed by atoms with Crippen molar-refractivity contribution in [2.75, 3.05) is 16.8 Å². The van der Waals surface area contributed by atoms with Gasteiger partial charge in [0.15, 0.2) is 0 Å². The van der Waals surface area contributed by atoms with Crippen LogP contribution in [-0.4, -0.2) is 44.4 Å². The first-order valence-corrected chi connectivity index (χ1v) is 11.5. The van der Waals surface area contributed by atoms with E-state index in [9.17, 15) is 9.18 Å². The first kappa shape index (κ1) is 23.9. The van der Waals surface area contributed by atoms with Crippen LogP contribution < -0.4 is 10.2 Å². The molecule has 10 heteroatoms. The Bertz CT molecular complexity index is 1190. The fourth-order valence-corrected chi connectivity index (χ4v) is 4.21. The summed E-state index contributed by atoms with van der Waals surface area (Å²) in [5.74, 6) is 0.578. The molecule has 1 aromatic carbocycles. The van der Waals surface area contributed by atoms with E-state index >= 15 is 0 Å². The summed E-state index contributed by atoms with van der Waals surface area (Å²) in [5, 5.41) is 3.93. The van der Waals surface area contributed by atoms with Crippen LogP contribution >= 0.6 is 11.6 Å². The van der Waals surface area contributed by atoms with Crippen molar-refractivity contribution in [3.63, 3.8) is 0 Å². The van der Waals surface area contributed by atoms with Crippen LogP contribution in [0.2, 0.25) is 5.02 Å². The van der Waals surface area contributed by atoms with E-state index in [1.165, 1.54) is 18.0 Å². The summed E-state index contributed by atoms with van der Waals surface area (Å²) >= 11 is 6.41. The molecular formula is C24H28ClFN6O2. The van der Waals surface area contributed by atoms with Gasteiger partial charge in [-0.3, -0.25) is 4.90 Å². The number of benzene rings is 1. The molecule has 1 aliphatic heterocycles. The summed E-state index contributed by atoms with van der Waals surface area (Å²) in [6.07, 6.45) is 3.31. The Kier molecular flexibility index (Phi) is 6.49. The molecule has 0 saturated carbocycles. The summed E-state index contributed by atoms with van der Waals surface area (Å²) < 4.78 is 20.9. The van der Waals surface area contributed by atoms with Gasteiger partial charge in [0.1, 0.15) is 24.6 Å². The molecule has 1 saturated heterocycles. The molecule has 0 radical (unpaired) electrons. The van der Waals surface area contributed by atoms with E-state index in [2.05, 4.69) is 47.1 Å². The summed E-state index contributed by atoms with van der Waals surface area (Å²) in [6.45, 7) is 9.67. The topological polar surface area (TPSA) is 85.2 Å². The SMILES string of the molecule is C[C@H](Nc1nccc(N2C(=O)OC[C@@H]2[C@H](C)F)n1)c1cn(-c2ccc(Cl)c(C(C)(C)C)c2)cn1. The summed E-state index contributed by atoms with van der Waals surface area (Å²) in [4.78, 5) is 26.5. The van der Waals surface area contributed by atoms with Crippen molar-refractivity contribution in [1.29, 1.82) is 0 Å². The van der Waals surface area contributed by atoms with Crippen LogP contribution in [0.5, 0.6) is 0 Å². The normalized spacial score (nSPS) is 18.0. The molecule has 34 heavy (non-hydrogen) atoms. The zero-order valence-electron chi connectivity index (χ0n) is 19.8. The number of anilines is 2. The molecule has 1 fully saturated rings. The van der Waals surface area contributed by atoms with Crippen molar-refractivity contribution < 1.29 is 13.9 Å². The molecule has 0 aliphatic carbocycles. The number of alkyl halides is 1. The third kappa shape index (κ3) is 4.84. The number of rotatable bonds is 6. The van der Waals surface area contributed by atoms with Gasteiger partial charge in [-0.1, -0.05) is 32.4 Å². The van der Waals surface area contributed by atoms with E-state index in [-0.39, 0.29) is 23.9 Å². The number of carbonyl (C=O) groups excluding carboxylic acids is 1. The number of hydrogen-bond donors (Lipinski definition) is 1. The average Bonchev–Trinajstić information content (AvgIpc) is 3.41. The summed E-state index contributed by atoms with van der Waals surface area (Å²) in [5.41, 5.74) is 2.70. The van der Waals surface area contributed by atoms with Gasteiger partial charge < -0.3 is 14.6 Å². The molecule has 4 rings (SSSR count). The van der Waals surface area contributed by atoms with Crippen molar-refractivity contribution in [3.05, 3.63) is 59.3 Å². The molecule has 3 atom stereocenters. The first-order chi connectivity index (χ1) is 16.0. The minimum atomic E-state index is -1.26. The van der Waals surface area contributed by atoms with Gasteiger partial charge in [-0.05, 0) is 49.1 Å². The van der Waals surface area contributed by atoms with Crippen molar-refractivity contribution in [1.82, 2.24) is 19.5 Å². The molecule has 8 nitrogen and oxygen atoms in total. The smallest absolute Gasteiger partial charge is 0.416 e. The molecule has 2 aromatic heterocycles. The number of amides is 1. The largest absolute Gasteiger partial charge is 0.447 e. The number of halogens is 2. The van der Waals surface area contributed by atoms with Crippen molar-refractivity contribution in [2.45, 2.75) is 58.3 Å². The number of ether oxygens (including phenoxy) is 1. The average molecular weight is 487 g/mol. The fourth-order valence-electron chi connectivity index (χ4n) is 3.81. The van der Waals surface area contributed by atoms with Gasteiger partial charge >= 0.3 is 6.09 Å². The number of nitrogens with zero attached hydrogens (tertiary/aromatic N) is 5. The number of aromatic nitrogens is 4. The molecule has 3 heterocycles. The standard InChI is InChI=1S/C24H28ClFN6O2/c1-14(26)20-12-34-23(33)32(20)21-8-9-27-22(30-21)29-15(2)19-11-31(13-28-19)16-6-7-18(25)17(10-16)24(3,4)5/h6-11,13-15,20H,12H2,1-5H3,(H,27,29,30)/t14-,15-,20+/m0/s1. The lowest BCUT2D eigenvalue weighted by molar-refractivity contribution is 0.174. The molecule has 0 spiro atoms. The summed E-state index contributed by atoms with van der Waals surface area (Å²) in [7, 11) is 0. The van der Waals surface area contributed by atoms with E-state index in [4.69, 9.17) is 16.3 Å². The molecule has 0 bridgehead atoms. The van der Waals surface area contributed by atoms with Gasteiger partial charge in [-0.2, -0.15) is 4.98 Å². The molecule has 1 N–H and O–H groups in total. The minimum absolute atomic E-state index is 0.0151. The Balaban J connectivity index is 1.53. The van der Waals surface area contributed by atoms with Gasteiger partial charge in [0.2, 0.25) is 5.95 Å². The van der Waals surface area contributed by atoms with Gasteiger partial charge in [-0.25, -0.2) is 19.2 Å². The number of imidazole rings is 1. The van der Waals surface area contributed by atoms with E-state index in [1.54, 1.807) is 12.4 Å². The van der Waals surface area contributed by atoms with Crippen LogP contribution in [0.15, 0.2) is 43.0 Å². The highest BCUT2D eigenvalue weighted by molar-refractivity contribution is 6.31. The highest BCUT2D eigenvalue weighted by Gasteiger charge is 2.39. The molecular weight excluding hydrogens is 459 g/mol. The Hall–Kier alpha value is -3.20. The van der Waals surface area contributed by atoms with Crippen molar-refractivity contribution >= 4 is 29.5 Å². The maximum Gasteiger partial charge on any atom is 0.416 e. The molecule has 1 aliphatic rings. The van der Waals surface area contributed by atoms with E-state index < -0.39 is 18.3 Å². The zero-order chi connectivity index (χ0) is 24.6. The molecule has 3 aromatic rings. The van der Waals surface area contributed by atoms with Crippen LogP contribution in [-0.2, 0) is 10.2 Å². The van der Waals surface area contributed by atoms with E-state index in [0.29, 0.717) is 5.95 Å². The second-order valence-corrected chi connectivity index (χ2v) is 9.82. The lowest BCUT2D eigenvalue weighted by atomic mass is 9.87. The van der Waals surface area contributed by atoms with Crippen molar-refractivity contribution in [3.8, 4) is 5.69 Å². The highest BCUT2D eigenvalue weighted by atomic mass is 35.5. The van der Waals surface area contributed by atoms with Crippen LogP contribution in [0.4, 0.5) is 21.0 Å². The monoisotopic (exact) mass is 486 g/mol. The van der Waals surface area contributed by atoms with Crippen LogP contribution in [0.3, 0.4) is 0 Å². The number of hydrogen-bond acceptors (Lipinski definition) is 6. The van der Waals surface area contributed by atoms with E-state index in [0.717, 1.165) is 22.0 Å². The zero-order valence-corrected chi connectivity index (χ0v) is 20.5. The maximum absolute atomic E-state index is 14.0. The van der Waals surface area contributed by atoms with Crippen LogP contribution in [0, 0.1) is 0 Å². The quantitative estimate of drug-likeness (QED) is 0.497. The van der Waals surface area contributed by atoms with Gasteiger partial charge in [-0.15, -0.1) is 0 Å². The second-order valence-electron chi connectivity index (χ2n) is 9.42. The first-order valence-electron chi connectivity index (χ1n) is 11.1. The lowest BCUT2D eigenvalue weighted by Gasteiger charge is -2.22. The Morgan fingerprint density at radius 3 is 2.71 bits per heavy atom. The summed E-state index contributed by atoms with van der Waals surface area (Å²) in [6, 6.07) is 6.52. The Labute approximate surface area is 203 Å². The maximum atomic E-state index is 14.0. The minimum Gasteiger partial charge on any atom is -0.447 e. The lowest BCUT2D eigenvalue weighted by Crippen LogP contribution is -2.39. The molecule has 0 unspecified atom stereocenters. The Morgan fingerprint density at radius 1 is 1.24 bits per heavy atom. The second kappa shape index (κ2) is 9.21. The third-order valence-corrected chi connectivity index (χ3v) is 6.10. The predicted molar refractivity (Wildman–Crippen MR) is 130 cm³/mol.